The summed E-state index contributed by atoms with van der Waals surface area (Å²) in [5.41, 5.74) is 7.03. The molecule has 6 aromatic rings. The molecule has 0 aromatic heterocycles. The van der Waals surface area contributed by atoms with E-state index in [1.165, 1.54) is 30.3 Å². The SMILES string of the molecule is Nc1ccc(Br)cc1I.O=S(=O)(Nc1ccc(Br)cc1I)c1ccccc1.O=S(=O)(c1ccccc1)N(c1ccc(Br)cc1I)S(=O)(=O)c1ccccc1. The Kier molecular flexibility index (Phi) is 16.7. The fourth-order valence-corrected chi connectivity index (χ4v) is 13.9. The highest BCUT2D eigenvalue weighted by Crippen LogP contribution is 2.35. The second kappa shape index (κ2) is 20.1. The number of sulfonamides is 3. The molecular formula is C36H27Br3I3N3O6S3. The van der Waals surface area contributed by atoms with Crippen molar-refractivity contribution >= 4 is 163 Å². The van der Waals surface area contributed by atoms with Crippen molar-refractivity contribution in [1.29, 1.82) is 0 Å². The lowest BCUT2D eigenvalue weighted by Gasteiger charge is -2.25. The maximum Gasteiger partial charge on any atom is 0.277 e. The Morgan fingerprint density at radius 2 is 0.870 bits per heavy atom. The van der Waals surface area contributed by atoms with Crippen LogP contribution >= 0.6 is 116 Å². The van der Waals surface area contributed by atoms with Crippen molar-refractivity contribution in [2.24, 2.45) is 0 Å². The summed E-state index contributed by atoms with van der Waals surface area (Å²) in [6, 6.07) is 39.2. The van der Waals surface area contributed by atoms with Crippen molar-refractivity contribution in [1.82, 2.24) is 0 Å². The highest BCUT2D eigenvalue weighted by Gasteiger charge is 2.38. The van der Waals surface area contributed by atoms with Crippen LogP contribution in [-0.2, 0) is 30.1 Å². The Morgan fingerprint density at radius 1 is 0.481 bits per heavy atom. The first-order chi connectivity index (χ1) is 25.4. The number of hydrogen-bond donors (Lipinski definition) is 2. The molecule has 0 fully saturated rings. The maximum absolute atomic E-state index is 13.3. The van der Waals surface area contributed by atoms with Crippen LogP contribution in [-0.4, -0.2) is 25.3 Å². The molecule has 9 nitrogen and oxygen atoms in total. The van der Waals surface area contributed by atoms with Crippen LogP contribution in [0.15, 0.2) is 174 Å². The number of hydrogen-bond acceptors (Lipinski definition) is 7. The predicted octanol–water partition coefficient (Wildman–Crippen LogP) is 11.1. The zero-order valence-electron chi connectivity index (χ0n) is 27.3. The van der Waals surface area contributed by atoms with Gasteiger partial charge < -0.3 is 5.73 Å². The Balaban J connectivity index is 0.000000205. The number of benzene rings is 6. The van der Waals surface area contributed by atoms with Crippen molar-refractivity contribution in [3.8, 4) is 0 Å². The molecule has 0 saturated heterocycles. The monoisotopic (exact) mass is 1310 g/mol. The summed E-state index contributed by atoms with van der Waals surface area (Å²) in [5, 5.41) is 0. The minimum absolute atomic E-state index is 0.0616. The third-order valence-electron chi connectivity index (χ3n) is 6.82. The molecule has 3 N–H and O–H groups in total. The van der Waals surface area contributed by atoms with Gasteiger partial charge in [0.2, 0.25) is 0 Å². The number of nitrogens with zero attached hydrogens (tertiary/aromatic N) is 1. The Morgan fingerprint density at radius 3 is 1.28 bits per heavy atom. The van der Waals surface area contributed by atoms with E-state index in [0.717, 1.165) is 21.8 Å². The normalized spacial score (nSPS) is 11.3. The van der Waals surface area contributed by atoms with Gasteiger partial charge in [0.25, 0.3) is 30.1 Å². The van der Waals surface area contributed by atoms with E-state index in [0.29, 0.717) is 17.4 Å². The molecule has 0 aliphatic carbocycles. The number of nitrogens with two attached hydrogens (primary N) is 1. The lowest BCUT2D eigenvalue weighted by molar-refractivity contribution is 0.583. The summed E-state index contributed by atoms with van der Waals surface area (Å²) >= 11 is 16.2. The van der Waals surface area contributed by atoms with Crippen LogP contribution < -0.4 is 14.2 Å². The van der Waals surface area contributed by atoms with Crippen molar-refractivity contribution in [2.45, 2.75) is 14.7 Å². The molecular weight excluding hydrogens is 1290 g/mol. The molecule has 0 radical (unpaired) electrons. The van der Waals surface area contributed by atoms with E-state index in [1.807, 2.05) is 46.9 Å². The van der Waals surface area contributed by atoms with E-state index in [4.69, 9.17) is 5.73 Å². The highest BCUT2D eigenvalue weighted by molar-refractivity contribution is 14.1. The average molecular weight is 1310 g/mol. The zero-order chi connectivity index (χ0) is 39.7. The van der Waals surface area contributed by atoms with Crippen molar-refractivity contribution in [3.63, 3.8) is 0 Å². The van der Waals surface area contributed by atoms with E-state index in [9.17, 15) is 25.3 Å². The van der Waals surface area contributed by atoms with Gasteiger partial charge in [0.15, 0.2) is 0 Å². The van der Waals surface area contributed by atoms with Crippen molar-refractivity contribution in [3.05, 3.63) is 170 Å². The Hall–Kier alpha value is -1.80. The van der Waals surface area contributed by atoms with E-state index >= 15 is 0 Å². The second-order valence-electron chi connectivity index (χ2n) is 10.6. The van der Waals surface area contributed by atoms with Crippen molar-refractivity contribution < 1.29 is 25.3 Å². The van der Waals surface area contributed by atoms with Crippen LogP contribution in [0.2, 0.25) is 0 Å². The number of rotatable bonds is 8. The zero-order valence-corrected chi connectivity index (χ0v) is 41.0. The van der Waals surface area contributed by atoms with Crippen molar-refractivity contribution in [2.75, 3.05) is 14.2 Å². The average Bonchev–Trinajstić information content (AvgIpc) is 3.14. The van der Waals surface area contributed by atoms with Gasteiger partial charge in [-0.05, 0) is 159 Å². The van der Waals surface area contributed by atoms with Crippen LogP contribution in [0.5, 0.6) is 0 Å². The first-order valence-corrected chi connectivity index (χ1v) is 25.0. The van der Waals surface area contributed by atoms with Gasteiger partial charge >= 0.3 is 0 Å². The topological polar surface area (TPSA) is 144 Å². The van der Waals surface area contributed by atoms with Gasteiger partial charge in [0.05, 0.1) is 26.1 Å². The highest BCUT2D eigenvalue weighted by atomic mass is 127. The second-order valence-corrected chi connectivity index (χ2v) is 22.4. The number of nitrogens with one attached hydrogen (secondary N) is 1. The summed E-state index contributed by atoms with van der Waals surface area (Å²) in [7, 11) is -12.3. The molecule has 6 aromatic carbocycles. The summed E-state index contributed by atoms with van der Waals surface area (Å²) in [6.07, 6.45) is 0. The summed E-state index contributed by atoms with van der Waals surface area (Å²) in [5.74, 6) is 0. The molecule has 0 aliphatic rings. The molecule has 0 atom stereocenters. The van der Waals surface area contributed by atoms with Crippen LogP contribution in [0, 0.1) is 10.7 Å². The lowest BCUT2D eigenvalue weighted by Crippen LogP contribution is -2.37. The van der Waals surface area contributed by atoms with Gasteiger partial charge in [-0.15, -0.1) is 0 Å². The molecule has 282 valence electrons. The first kappa shape index (κ1) is 44.9. The molecule has 0 aliphatic heterocycles. The third kappa shape index (κ3) is 12.1. The minimum atomic E-state index is -4.37. The van der Waals surface area contributed by atoms with E-state index in [2.05, 4.69) is 97.7 Å². The molecule has 0 heterocycles. The van der Waals surface area contributed by atoms with Gasteiger partial charge in [0, 0.05) is 29.8 Å². The summed E-state index contributed by atoms with van der Waals surface area (Å²) in [6.45, 7) is 0. The smallest absolute Gasteiger partial charge is 0.277 e. The fourth-order valence-electron chi connectivity index (χ4n) is 4.27. The molecule has 0 unspecified atom stereocenters. The molecule has 0 saturated carbocycles. The quantitative estimate of drug-likeness (QED) is 0.114. The standard InChI is InChI=1S/C18H13BrINO4S2.C12H9BrINO2S.C6H5BrIN/c19-14-11-12-18(17(20)13-14)21(26(22,23)15-7-3-1-4-8-15)27(24,25)16-9-5-2-6-10-16;13-9-6-7-12(11(14)8-9)15-18(16,17)10-4-2-1-3-5-10;7-4-1-2-6(9)5(8)3-4/h1-13H;1-8,15H;1-3H,9H2. The van der Waals surface area contributed by atoms with Gasteiger partial charge in [0.1, 0.15) is 0 Å². The van der Waals surface area contributed by atoms with Crippen LogP contribution in [0.25, 0.3) is 0 Å². The summed E-state index contributed by atoms with van der Waals surface area (Å²) in [4.78, 5) is 0.0372. The van der Waals surface area contributed by atoms with E-state index in [-0.39, 0.29) is 20.4 Å². The van der Waals surface area contributed by atoms with Crippen LogP contribution in [0.3, 0.4) is 0 Å². The van der Waals surface area contributed by atoms with Gasteiger partial charge in [-0.2, -0.15) is 3.71 Å². The third-order valence-corrected chi connectivity index (χ3v) is 16.5. The molecule has 0 spiro atoms. The molecule has 0 bridgehead atoms. The van der Waals surface area contributed by atoms with Crippen LogP contribution in [0.4, 0.5) is 17.1 Å². The van der Waals surface area contributed by atoms with Crippen LogP contribution in [0.1, 0.15) is 0 Å². The van der Waals surface area contributed by atoms with E-state index < -0.39 is 30.1 Å². The Bertz CT molecular complexity index is 2490. The minimum Gasteiger partial charge on any atom is -0.398 e. The molecule has 54 heavy (non-hydrogen) atoms. The van der Waals surface area contributed by atoms with E-state index in [1.54, 1.807) is 91.0 Å². The van der Waals surface area contributed by atoms with Gasteiger partial charge in [-0.25, -0.2) is 25.3 Å². The molecule has 0 amide bonds. The molecule has 18 heteroatoms. The summed E-state index contributed by atoms with van der Waals surface area (Å²) < 4.78 is 85.7. The molecule has 6 rings (SSSR count). The fraction of sp³-hybridized carbons (Fsp3) is 0. The Labute approximate surface area is 381 Å². The lowest BCUT2D eigenvalue weighted by atomic mass is 10.3. The predicted molar refractivity (Wildman–Crippen MR) is 252 cm³/mol. The number of anilines is 3. The largest absolute Gasteiger partial charge is 0.398 e. The maximum atomic E-state index is 13.3. The number of halogens is 6. The van der Waals surface area contributed by atoms with Gasteiger partial charge in [-0.3, -0.25) is 4.72 Å². The first-order valence-electron chi connectivity index (χ1n) is 15.0. The number of nitrogen functional groups attached to an aromatic ring is 1. The van der Waals surface area contributed by atoms with Gasteiger partial charge in [-0.1, -0.05) is 102 Å².